The SMILES string of the molecule is Cc1cc(COc2cc(C)n(-c3cc(-c4ccnc(C(C)(C)O)n4)ncc3Cl)c(=O)c2C)cs1. The van der Waals surface area contributed by atoms with Crippen molar-refractivity contribution in [3.8, 4) is 22.8 Å². The van der Waals surface area contributed by atoms with Crippen molar-refractivity contribution in [3.63, 3.8) is 0 Å². The average Bonchev–Trinajstić information content (AvgIpc) is 3.21. The molecule has 176 valence electrons. The summed E-state index contributed by atoms with van der Waals surface area (Å²) < 4.78 is 7.51. The molecular formula is C25H25ClN4O3S. The molecule has 0 fully saturated rings. The van der Waals surface area contributed by atoms with Crippen molar-refractivity contribution in [2.24, 2.45) is 0 Å². The molecular weight excluding hydrogens is 472 g/mol. The van der Waals surface area contributed by atoms with E-state index in [1.807, 2.05) is 25.3 Å². The highest BCUT2D eigenvalue weighted by atomic mass is 35.5. The van der Waals surface area contributed by atoms with Crippen LogP contribution in [-0.2, 0) is 12.2 Å². The topological polar surface area (TPSA) is 90.1 Å². The first kappa shape index (κ1) is 24.1. The van der Waals surface area contributed by atoms with Gasteiger partial charge in [-0.25, -0.2) is 9.97 Å². The van der Waals surface area contributed by atoms with Crippen molar-refractivity contribution < 1.29 is 9.84 Å². The van der Waals surface area contributed by atoms with Crippen LogP contribution in [0.2, 0.25) is 5.02 Å². The zero-order valence-corrected chi connectivity index (χ0v) is 21.2. The molecule has 7 nitrogen and oxygen atoms in total. The predicted octanol–water partition coefficient (Wildman–Crippen LogP) is 5.14. The molecule has 4 heterocycles. The molecule has 0 saturated carbocycles. The Labute approximate surface area is 206 Å². The highest BCUT2D eigenvalue weighted by molar-refractivity contribution is 7.10. The van der Waals surface area contributed by atoms with E-state index in [-0.39, 0.29) is 11.4 Å². The smallest absolute Gasteiger partial charge is 0.261 e. The molecule has 4 aromatic heterocycles. The number of thiophene rings is 1. The van der Waals surface area contributed by atoms with Crippen LogP contribution in [0.25, 0.3) is 17.1 Å². The lowest BCUT2D eigenvalue weighted by atomic mass is 10.1. The fourth-order valence-electron chi connectivity index (χ4n) is 3.52. The quantitative estimate of drug-likeness (QED) is 0.397. The summed E-state index contributed by atoms with van der Waals surface area (Å²) in [5.41, 5.74) is 2.30. The van der Waals surface area contributed by atoms with Crippen LogP contribution in [0.4, 0.5) is 0 Å². The summed E-state index contributed by atoms with van der Waals surface area (Å²) in [6.45, 7) is 9.23. The number of aryl methyl sites for hydroxylation is 2. The van der Waals surface area contributed by atoms with E-state index in [1.165, 1.54) is 11.1 Å². The molecule has 0 bridgehead atoms. The van der Waals surface area contributed by atoms with Gasteiger partial charge in [-0.2, -0.15) is 0 Å². The van der Waals surface area contributed by atoms with Crippen molar-refractivity contribution in [2.75, 3.05) is 0 Å². The largest absolute Gasteiger partial charge is 0.488 e. The Hall–Kier alpha value is -3.07. The van der Waals surface area contributed by atoms with Gasteiger partial charge in [0.15, 0.2) is 5.82 Å². The van der Waals surface area contributed by atoms with Crippen LogP contribution < -0.4 is 10.3 Å². The van der Waals surface area contributed by atoms with E-state index in [0.717, 1.165) is 5.56 Å². The Morgan fingerprint density at radius 1 is 1.15 bits per heavy atom. The highest BCUT2D eigenvalue weighted by Crippen LogP contribution is 2.28. The van der Waals surface area contributed by atoms with Crippen LogP contribution in [-0.4, -0.2) is 24.6 Å². The molecule has 0 spiro atoms. The van der Waals surface area contributed by atoms with Gasteiger partial charge in [-0.1, -0.05) is 11.6 Å². The third-order valence-electron chi connectivity index (χ3n) is 5.31. The molecule has 34 heavy (non-hydrogen) atoms. The van der Waals surface area contributed by atoms with Crippen molar-refractivity contribution in [3.05, 3.63) is 84.9 Å². The van der Waals surface area contributed by atoms with Crippen LogP contribution in [0.1, 0.15) is 41.4 Å². The lowest BCUT2D eigenvalue weighted by Gasteiger charge is -2.17. The van der Waals surface area contributed by atoms with Gasteiger partial charge < -0.3 is 9.84 Å². The first-order chi connectivity index (χ1) is 16.0. The second-order valence-corrected chi connectivity index (χ2v) is 10.1. The monoisotopic (exact) mass is 496 g/mol. The van der Waals surface area contributed by atoms with E-state index < -0.39 is 5.60 Å². The third kappa shape index (κ3) is 4.89. The Morgan fingerprint density at radius 2 is 1.91 bits per heavy atom. The van der Waals surface area contributed by atoms with E-state index in [9.17, 15) is 9.90 Å². The van der Waals surface area contributed by atoms with Gasteiger partial charge in [0.1, 0.15) is 18.0 Å². The minimum atomic E-state index is -1.20. The highest BCUT2D eigenvalue weighted by Gasteiger charge is 2.21. The van der Waals surface area contributed by atoms with Crippen LogP contribution in [0, 0.1) is 20.8 Å². The summed E-state index contributed by atoms with van der Waals surface area (Å²) in [6, 6.07) is 7.31. The number of hydrogen-bond donors (Lipinski definition) is 1. The molecule has 0 aliphatic heterocycles. The van der Waals surface area contributed by atoms with Gasteiger partial charge in [0.25, 0.3) is 5.56 Å². The summed E-state index contributed by atoms with van der Waals surface area (Å²) in [6.07, 6.45) is 3.05. The molecule has 0 aliphatic rings. The maximum atomic E-state index is 13.4. The lowest BCUT2D eigenvalue weighted by Crippen LogP contribution is -2.24. The first-order valence-electron chi connectivity index (χ1n) is 10.7. The fraction of sp³-hybridized carbons (Fsp3) is 0.280. The average molecular weight is 497 g/mol. The molecule has 4 rings (SSSR count). The Bertz CT molecular complexity index is 1420. The van der Waals surface area contributed by atoms with Gasteiger partial charge in [0.2, 0.25) is 0 Å². The maximum absolute atomic E-state index is 13.4. The molecule has 0 aliphatic carbocycles. The number of aliphatic hydroxyl groups is 1. The number of aromatic nitrogens is 4. The number of pyridine rings is 2. The van der Waals surface area contributed by atoms with Crippen LogP contribution in [0.3, 0.4) is 0 Å². The summed E-state index contributed by atoms with van der Waals surface area (Å²) in [5, 5.41) is 12.6. The van der Waals surface area contributed by atoms with Gasteiger partial charge in [-0.3, -0.25) is 14.3 Å². The lowest BCUT2D eigenvalue weighted by molar-refractivity contribution is 0.0688. The van der Waals surface area contributed by atoms with Crippen LogP contribution >= 0.6 is 22.9 Å². The zero-order valence-electron chi connectivity index (χ0n) is 19.6. The van der Waals surface area contributed by atoms with E-state index in [4.69, 9.17) is 16.3 Å². The predicted molar refractivity (Wildman–Crippen MR) is 134 cm³/mol. The number of rotatable bonds is 6. The van der Waals surface area contributed by atoms with Crippen molar-refractivity contribution in [2.45, 2.75) is 46.8 Å². The fourth-order valence-corrected chi connectivity index (χ4v) is 4.40. The van der Waals surface area contributed by atoms with E-state index in [0.29, 0.717) is 45.7 Å². The molecule has 0 saturated heterocycles. The first-order valence-corrected chi connectivity index (χ1v) is 11.9. The summed E-state index contributed by atoms with van der Waals surface area (Å²) in [4.78, 5) is 27.5. The number of ether oxygens (including phenoxy) is 1. The minimum Gasteiger partial charge on any atom is -0.488 e. The van der Waals surface area contributed by atoms with Gasteiger partial charge in [0.05, 0.1) is 27.7 Å². The molecule has 0 radical (unpaired) electrons. The molecule has 4 aromatic rings. The number of halogens is 1. The number of hydrogen-bond acceptors (Lipinski definition) is 7. The van der Waals surface area contributed by atoms with E-state index >= 15 is 0 Å². The normalized spacial score (nSPS) is 11.6. The van der Waals surface area contributed by atoms with Crippen molar-refractivity contribution in [1.29, 1.82) is 0 Å². The zero-order chi connectivity index (χ0) is 24.6. The van der Waals surface area contributed by atoms with Gasteiger partial charge in [-0.15, -0.1) is 11.3 Å². The summed E-state index contributed by atoms with van der Waals surface area (Å²) in [7, 11) is 0. The van der Waals surface area contributed by atoms with Crippen molar-refractivity contribution >= 4 is 22.9 Å². The molecule has 1 N–H and O–H groups in total. The maximum Gasteiger partial charge on any atom is 0.261 e. The molecule has 9 heteroatoms. The van der Waals surface area contributed by atoms with Crippen LogP contribution in [0.5, 0.6) is 5.75 Å². The third-order valence-corrected chi connectivity index (χ3v) is 6.51. The summed E-state index contributed by atoms with van der Waals surface area (Å²) >= 11 is 8.14. The standard InChI is InChI=1S/C25H25ClN4O3S/c1-14-8-22(33-12-17-9-15(2)34-13-17)16(3)23(31)30(14)21-10-20(28-11-18(21)26)19-6-7-27-24(29-19)25(4,5)32/h6-11,13,32H,12H2,1-5H3. The molecule has 0 aromatic carbocycles. The minimum absolute atomic E-state index is 0.226. The van der Waals surface area contributed by atoms with Gasteiger partial charge >= 0.3 is 0 Å². The van der Waals surface area contributed by atoms with Gasteiger partial charge in [0, 0.05) is 34.6 Å². The van der Waals surface area contributed by atoms with Crippen LogP contribution in [0.15, 0.2) is 46.8 Å². The van der Waals surface area contributed by atoms with Gasteiger partial charge in [-0.05, 0) is 58.2 Å². The molecule has 0 atom stereocenters. The Balaban J connectivity index is 1.73. The van der Waals surface area contributed by atoms with E-state index in [1.54, 1.807) is 55.0 Å². The second kappa shape index (κ2) is 9.29. The van der Waals surface area contributed by atoms with E-state index in [2.05, 4.69) is 21.0 Å². The molecule has 0 unspecified atom stereocenters. The second-order valence-electron chi connectivity index (χ2n) is 8.62. The van der Waals surface area contributed by atoms with Crippen molar-refractivity contribution in [1.82, 2.24) is 19.5 Å². The summed E-state index contributed by atoms with van der Waals surface area (Å²) in [5.74, 6) is 0.813. The molecule has 0 amide bonds. The Kier molecular flexibility index (Phi) is 6.58. The Morgan fingerprint density at radius 3 is 2.59 bits per heavy atom. The number of nitrogens with zero attached hydrogens (tertiary/aromatic N) is 4.